The highest BCUT2D eigenvalue weighted by Gasteiger charge is 2.33. The number of carbonyl (C=O) groups excluding carboxylic acids is 1. The van der Waals surface area contributed by atoms with Crippen molar-refractivity contribution in [3.05, 3.63) is 29.6 Å². The van der Waals surface area contributed by atoms with E-state index in [9.17, 15) is 14.0 Å². The molecule has 3 N–H and O–H groups in total. The van der Waals surface area contributed by atoms with Gasteiger partial charge in [0, 0.05) is 11.7 Å². The van der Waals surface area contributed by atoms with Gasteiger partial charge >= 0.3 is 5.97 Å². The van der Waals surface area contributed by atoms with Crippen molar-refractivity contribution in [1.29, 1.82) is 0 Å². The van der Waals surface area contributed by atoms with E-state index in [1.165, 1.54) is 6.07 Å². The molecule has 2 unspecified atom stereocenters. The first-order valence-electron chi connectivity index (χ1n) is 6.11. The topological polar surface area (TPSA) is 87.7 Å². The van der Waals surface area contributed by atoms with Gasteiger partial charge in [-0.05, 0) is 25.2 Å². The number of benzene rings is 1. The zero-order valence-electron chi connectivity index (χ0n) is 10.9. The number of amides is 1. The summed E-state index contributed by atoms with van der Waals surface area (Å²) in [6.07, 6.45) is 0. The van der Waals surface area contributed by atoms with Gasteiger partial charge in [-0.3, -0.25) is 4.79 Å². The number of nitrogens with one attached hydrogen (secondary N) is 2. The monoisotopic (exact) mass is 282 g/mol. The van der Waals surface area contributed by atoms with Gasteiger partial charge in [0.2, 0.25) is 5.91 Å². The van der Waals surface area contributed by atoms with Crippen LogP contribution in [0.1, 0.15) is 10.4 Å². The molecule has 1 fully saturated rings. The van der Waals surface area contributed by atoms with Crippen molar-refractivity contribution < 1.29 is 23.8 Å². The average Bonchev–Trinajstić information content (AvgIpc) is 2.89. The quantitative estimate of drug-likeness (QED) is 0.756. The molecule has 0 radical (unpaired) electrons. The molecule has 1 aromatic rings. The van der Waals surface area contributed by atoms with Gasteiger partial charge in [0.05, 0.1) is 24.7 Å². The largest absolute Gasteiger partial charge is 0.478 e. The molecule has 7 heteroatoms. The van der Waals surface area contributed by atoms with Gasteiger partial charge in [0.15, 0.2) is 0 Å². The summed E-state index contributed by atoms with van der Waals surface area (Å²) in [4.78, 5) is 22.9. The number of carbonyl (C=O) groups is 2. The lowest BCUT2D eigenvalue weighted by Gasteiger charge is -2.16. The third-order valence-electron chi connectivity index (χ3n) is 3.25. The number of aromatic carboxylic acids is 1. The number of hydrogen-bond donors (Lipinski definition) is 3. The van der Waals surface area contributed by atoms with Crippen LogP contribution in [0.5, 0.6) is 0 Å². The van der Waals surface area contributed by atoms with Crippen LogP contribution in [0, 0.1) is 11.7 Å². The van der Waals surface area contributed by atoms with Gasteiger partial charge in [-0.15, -0.1) is 0 Å². The summed E-state index contributed by atoms with van der Waals surface area (Å²) in [5.74, 6) is -2.87. The van der Waals surface area contributed by atoms with Crippen LogP contribution < -0.4 is 10.6 Å². The van der Waals surface area contributed by atoms with E-state index in [1.807, 2.05) is 0 Å². The van der Waals surface area contributed by atoms with Crippen molar-refractivity contribution in [3.63, 3.8) is 0 Å². The second kappa shape index (κ2) is 5.98. The lowest BCUT2D eigenvalue weighted by Crippen LogP contribution is -2.39. The summed E-state index contributed by atoms with van der Waals surface area (Å²) < 4.78 is 18.5. The second-order valence-corrected chi connectivity index (χ2v) is 4.53. The Bertz CT molecular complexity index is 535. The molecule has 0 saturated carbocycles. The highest BCUT2D eigenvalue weighted by atomic mass is 19.1. The Kier molecular flexibility index (Phi) is 4.31. The molecule has 1 saturated heterocycles. The summed E-state index contributed by atoms with van der Waals surface area (Å²) in [6.45, 7) is 0.739. The highest BCUT2D eigenvalue weighted by Crippen LogP contribution is 2.19. The number of anilines is 1. The Morgan fingerprint density at radius 3 is 2.80 bits per heavy atom. The molecule has 0 aliphatic carbocycles. The Hall–Kier alpha value is -1.99. The van der Waals surface area contributed by atoms with Crippen molar-refractivity contribution in [3.8, 4) is 0 Å². The normalized spacial score (nSPS) is 21.7. The van der Waals surface area contributed by atoms with Crippen molar-refractivity contribution in [2.75, 3.05) is 25.6 Å². The van der Waals surface area contributed by atoms with Crippen molar-refractivity contribution in [1.82, 2.24) is 5.32 Å². The zero-order chi connectivity index (χ0) is 14.7. The van der Waals surface area contributed by atoms with Gasteiger partial charge in [0.25, 0.3) is 0 Å². The van der Waals surface area contributed by atoms with Gasteiger partial charge in [-0.25, -0.2) is 9.18 Å². The molecule has 108 valence electrons. The fourth-order valence-corrected chi connectivity index (χ4v) is 2.10. The lowest BCUT2D eigenvalue weighted by molar-refractivity contribution is -0.120. The summed E-state index contributed by atoms with van der Waals surface area (Å²) >= 11 is 0. The van der Waals surface area contributed by atoms with E-state index < -0.39 is 17.3 Å². The Balaban J connectivity index is 2.12. The minimum absolute atomic E-state index is 0.0885. The predicted molar refractivity (Wildman–Crippen MR) is 69.1 cm³/mol. The van der Waals surface area contributed by atoms with Gasteiger partial charge in [-0.2, -0.15) is 0 Å². The molecule has 1 heterocycles. The molecule has 1 aliphatic rings. The molecule has 0 bridgehead atoms. The fraction of sp³-hybridized carbons (Fsp3) is 0.385. The zero-order valence-corrected chi connectivity index (χ0v) is 10.9. The Morgan fingerprint density at radius 2 is 2.15 bits per heavy atom. The van der Waals surface area contributed by atoms with Crippen LogP contribution in [0.15, 0.2) is 18.2 Å². The smallest absolute Gasteiger partial charge is 0.338 e. The third kappa shape index (κ3) is 2.94. The molecule has 2 rings (SSSR count). The van der Waals surface area contributed by atoms with Crippen LogP contribution in [0.2, 0.25) is 0 Å². The van der Waals surface area contributed by atoms with Crippen LogP contribution in [0.3, 0.4) is 0 Å². The SMILES string of the molecule is CNC1COCC1C(=O)Nc1ccc(F)c(C(=O)O)c1. The van der Waals surface area contributed by atoms with Crippen LogP contribution in [-0.4, -0.2) is 43.3 Å². The fourth-order valence-electron chi connectivity index (χ4n) is 2.10. The standard InChI is InChI=1S/C13H15FN2O4/c1-15-11-6-20-5-9(11)12(17)16-7-2-3-10(14)8(4-7)13(18)19/h2-4,9,11,15H,5-6H2,1H3,(H,16,17)(H,18,19). The number of hydrogen-bond acceptors (Lipinski definition) is 4. The van der Waals surface area contributed by atoms with Crippen molar-refractivity contribution >= 4 is 17.6 Å². The van der Waals surface area contributed by atoms with E-state index in [2.05, 4.69) is 10.6 Å². The first-order valence-corrected chi connectivity index (χ1v) is 6.11. The van der Waals surface area contributed by atoms with Crippen LogP contribution >= 0.6 is 0 Å². The minimum atomic E-state index is -1.38. The molecular weight excluding hydrogens is 267 g/mol. The first-order chi connectivity index (χ1) is 9.52. The summed E-state index contributed by atoms with van der Waals surface area (Å²) in [6, 6.07) is 3.35. The molecule has 6 nitrogen and oxygen atoms in total. The Morgan fingerprint density at radius 1 is 1.40 bits per heavy atom. The first kappa shape index (κ1) is 14.4. The summed E-state index contributed by atoms with van der Waals surface area (Å²) in [5, 5.41) is 14.4. The maximum Gasteiger partial charge on any atom is 0.338 e. The number of likely N-dealkylation sites (N-methyl/N-ethyl adjacent to an activating group) is 1. The van der Waals surface area contributed by atoms with E-state index >= 15 is 0 Å². The molecule has 1 aliphatic heterocycles. The number of carboxylic acid groups (broad SMARTS) is 1. The number of halogens is 1. The summed E-state index contributed by atoms with van der Waals surface area (Å²) in [5.41, 5.74) is -0.230. The third-order valence-corrected chi connectivity index (χ3v) is 3.25. The molecular formula is C13H15FN2O4. The van der Waals surface area contributed by atoms with E-state index in [0.717, 1.165) is 12.1 Å². The lowest BCUT2D eigenvalue weighted by atomic mass is 10.0. The van der Waals surface area contributed by atoms with Gasteiger partial charge in [-0.1, -0.05) is 0 Å². The molecule has 1 amide bonds. The molecule has 1 aromatic carbocycles. The van der Waals surface area contributed by atoms with E-state index in [4.69, 9.17) is 9.84 Å². The van der Waals surface area contributed by atoms with Crippen LogP contribution in [-0.2, 0) is 9.53 Å². The van der Waals surface area contributed by atoms with E-state index in [-0.39, 0.29) is 23.6 Å². The van der Waals surface area contributed by atoms with Crippen LogP contribution in [0.25, 0.3) is 0 Å². The van der Waals surface area contributed by atoms with Gasteiger partial charge in [0.1, 0.15) is 5.82 Å². The van der Waals surface area contributed by atoms with E-state index in [0.29, 0.717) is 13.2 Å². The average molecular weight is 282 g/mol. The number of ether oxygens (including phenoxy) is 1. The number of rotatable bonds is 4. The maximum absolute atomic E-state index is 13.3. The molecule has 2 atom stereocenters. The minimum Gasteiger partial charge on any atom is -0.478 e. The Labute approximate surface area is 114 Å². The molecule has 0 aromatic heterocycles. The second-order valence-electron chi connectivity index (χ2n) is 4.53. The van der Waals surface area contributed by atoms with Crippen LogP contribution in [0.4, 0.5) is 10.1 Å². The maximum atomic E-state index is 13.3. The van der Waals surface area contributed by atoms with Gasteiger partial charge < -0.3 is 20.5 Å². The number of carboxylic acids is 1. The molecule has 0 spiro atoms. The summed E-state index contributed by atoms with van der Waals surface area (Å²) in [7, 11) is 1.74. The molecule has 20 heavy (non-hydrogen) atoms. The predicted octanol–water partition coefficient (Wildman–Crippen LogP) is 0.697. The highest BCUT2D eigenvalue weighted by molar-refractivity contribution is 5.95. The van der Waals surface area contributed by atoms with Crippen molar-refractivity contribution in [2.24, 2.45) is 5.92 Å². The van der Waals surface area contributed by atoms with E-state index in [1.54, 1.807) is 7.05 Å². The van der Waals surface area contributed by atoms with Crippen molar-refractivity contribution in [2.45, 2.75) is 6.04 Å².